The summed E-state index contributed by atoms with van der Waals surface area (Å²) in [4.78, 5) is 11.4. The molecule has 2 atom stereocenters. The van der Waals surface area contributed by atoms with E-state index in [9.17, 15) is 4.79 Å². The Balaban J connectivity index is 3.43. The van der Waals surface area contributed by atoms with Crippen LogP contribution in [0.4, 0.5) is 0 Å². The molecular weight excluding hydrogens is 204 g/mol. The molecule has 0 saturated heterocycles. The molecule has 0 rings (SSSR count). The predicted molar refractivity (Wildman–Crippen MR) is 65.2 cm³/mol. The van der Waals surface area contributed by atoms with Crippen molar-refractivity contribution in [1.82, 2.24) is 0 Å². The molecule has 0 heterocycles. The SMILES string of the molecule is CCCCCCCC(=O)O[C@H](C)C[C@H](C)O. The van der Waals surface area contributed by atoms with E-state index in [0.717, 1.165) is 12.8 Å². The number of ether oxygens (including phenoxy) is 1. The zero-order valence-corrected chi connectivity index (χ0v) is 10.9. The monoisotopic (exact) mass is 230 g/mol. The van der Waals surface area contributed by atoms with Crippen molar-refractivity contribution in [1.29, 1.82) is 0 Å². The van der Waals surface area contributed by atoms with Gasteiger partial charge in [0.2, 0.25) is 0 Å². The summed E-state index contributed by atoms with van der Waals surface area (Å²) < 4.78 is 5.17. The minimum Gasteiger partial charge on any atom is -0.463 e. The third kappa shape index (κ3) is 9.97. The first kappa shape index (κ1) is 15.4. The molecule has 0 amide bonds. The Labute approximate surface area is 99.2 Å². The van der Waals surface area contributed by atoms with Crippen molar-refractivity contribution in [3.05, 3.63) is 0 Å². The number of rotatable bonds is 9. The highest BCUT2D eigenvalue weighted by Crippen LogP contribution is 2.08. The number of aliphatic hydroxyl groups excluding tert-OH is 1. The molecule has 3 nitrogen and oxygen atoms in total. The summed E-state index contributed by atoms with van der Waals surface area (Å²) in [5.41, 5.74) is 0. The van der Waals surface area contributed by atoms with E-state index in [1.807, 2.05) is 6.92 Å². The molecule has 0 bridgehead atoms. The van der Waals surface area contributed by atoms with Gasteiger partial charge < -0.3 is 9.84 Å². The molecule has 0 aliphatic carbocycles. The lowest BCUT2D eigenvalue weighted by atomic mass is 10.1. The number of unbranched alkanes of at least 4 members (excludes halogenated alkanes) is 4. The molecule has 96 valence electrons. The third-order valence-corrected chi connectivity index (χ3v) is 2.49. The number of aliphatic hydroxyl groups is 1. The van der Waals surface area contributed by atoms with E-state index in [4.69, 9.17) is 9.84 Å². The fourth-order valence-electron chi connectivity index (χ4n) is 1.68. The fraction of sp³-hybridized carbons (Fsp3) is 0.923. The zero-order chi connectivity index (χ0) is 12.4. The molecule has 3 heteroatoms. The van der Waals surface area contributed by atoms with Crippen LogP contribution in [0.5, 0.6) is 0 Å². The minimum atomic E-state index is -0.410. The molecular formula is C13H26O3. The number of hydrogen-bond acceptors (Lipinski definition) is 3. The summed E-state index contributed by atoms with van der Waals surface area (Å²) in [6.45, 7) is 5.70. The van der Waals surface area contributed by atoms with Gasteiger partial charge in [0.05, 0.1) is 6.10 Å². The van der Waals surface area contributed by atoms with Gasteiger partial charge in [-0.05, 0) is 20.3 Å². The molecule has 16 heavy (non-hydrogen) atoms. The number of hydrogen-bond donors (Lipinski definition) is 1. The van der Waals surface area contributed by atoms with Crippen LogP contribution in [-0.2, 0) is 9.53 Å². The largest absolute Gasteiger partial charge is 0.463 e. The van der Waals surface area contributed by atoms with Crippen LogP contribution < -0.4 is 0 Å². The van der Waals surface area contributed by atoms with Crippen molar-refractivity contribution in [2.24, 2.45) is 0 Å². The Kier molecular flexibility index (Phi) is 9.30. The van der Waals surface area contributed by atoms with Crippen molar-refractivity contribution in [3.63, 3.8) is 0 Å². The van der Waals surface area contributed by atoms with E-state index in [1.54, 1.807) is 6.92 Å². The lowest BCUT2D eigenvalue weighted by molar-refractivity contribution is -0.149. The molecule has 0 aromatic heterocycles. The summed E-state index contributed by atoms with van der Waals surface area (Å²) in [5.74, 6) is -0.135. The van der Waals surface area contributed by atoms with Crippen molar-refractivity contribution in [2.45, 2.75) is 77.9 Å². The normalized spacial score (nSPS) is 14.5. The number of carbonyl (C=O) groups is 1. The van der Waals surface area contributed by atoms with Crippen LogP contribution in [0.2, 0.25) is 0 Å². The summed E-state index contributed by atoms with van der Waals surface area (Å²) in [5, 5.41) is 9.12. The smallest absolute Gasteiger partial charge is 0.306 e. The topological polar surface area (TPSA) is 46.5 Å². The van der Waals surface area contributed by atoms with E-state index in [1.165, 1.54) is 19.3 Å². The van der Waals surface area contributed by atoms with Gasteiger partial charge in [-0.25, -0.2) is 0 Å². The zero-order valence-electron chi connectivity index (χ0n) is 10.9. The second kappa shape index (κ2) is 9.64. The first-order valence-electron chi connectivity index (χ1n) is 6.43. The van der Waals surface area contributed by atoms with Crippen molar-refractivity contribution >= 4 is 5.97 Å². The Bertz CT molecular complexity index is 178. The molecule has 0 fully saturated rings. The van der Waals surface area contributed by atoms with Gasteiger partial charge in [0, 0.05) is 12.8 Å². The molecule has 1 N–H and O–H groups in total. The number of esters is 1. The maximum Gasteiger partial charge on any atom is 0.306 e. The van der Waals surface area contributed by atoms with E-state index in [0.29, 0.717) is 12.8 Å². The van der Waals surface area contributed by atoms with Gasteiger partial charge in [0.15, 0.2) is 0 Å². The standard InChI is InChI=1S/C13H26O3/c1-4-5-6-7-8-9-13(15)16-12(3)10-11(2)14/h11-12,14H,4-10H2,1-3H3/t11-,12+/m0/s1. The number of carbonyl (C=O) groups excluding carboxylic acids is 1. The van der Waals surface area contributed by atoms with Gasteiger partial charge in [-0.15, -0.1) is 0 Å². The average Bonchev–Trinajstić information content (AvgIpc) is 2.15. The first-order valence-corrected chi connectivity index (χ1v) is 6.43. The highest BCUT2D eigenvalue weighted by molar-refractivity contribution is 5.69. The van der Waals surface area contributed by atoms with Gasteiger partial charge in [0.25, 0.3) is 0 Å². The maximum atomic E-state index is 11.4. The minimum absolute atomic E-state index is 0.135. The molecule has 0 aliphatic rings. The van der Waals surface area contributed by atoms with E-state index in [-0.39, 0.29) is 12.1 Å². The first-order chi connectivity index (χ1) is 7.56. The highest BCUT2D eigenvalue weighted by atomic mass is 16.5. The summed E-state index contributed by atoms with van der Waals surface area (Å²) in [7, 11) is 0. The van der Waals surface area contributed by atoms with Gasteiger partial charge >= 0.3 is 5.97 Å². The summed E-state index contributed by atoms with van der Waals surface area (Å²) in [6, 6.07) is 0. The Hall–Kier alpha value is -0.570. The molecule has 0 aliphatic heterocycles. The molecule has 0 saturated carbocycles. The second-order valence-corrected chi connectivity index (χ2v) is 4.55. The Morgan fingerprint density at radius 3 is 2.38 bits per heavy atom. The molecule has 0 unspecified atom stereocenters. The second-order valence-electron chi connectivity index (χ2n) is 4.55. The van der Waals surface area contributed by atoms with Crippen LogP contribution in [-0.4, -0.2) is 23.3 Å². The van der Waals surface area contributed by atoms with Crippen LogP contribution in [0.1, 0.15) is 65.7 Å². The van der Waals surface area contributed by atoms with Crippen LogP contribution >= 0.6 is 0 Å². The lowest BCUT2D eigenvalue weighted by Gasteiger charge is -2.14. The van der Waals surface area contributed by atoms with Crippen LogP contribution in [0.25, 0.3) is 0 Å². The fourth-order valence-corrected chi connectivity index (χ4v) is 1.68. The Morgan fingerprint density at radius 1 is 1.19 bits per heavy atom. The molecule has 0 aromatic rings. The van der Waals surface area contributed by atoms with E-state index < -0.39 is 6.10 Å². The van der Waals surface area contributed by atoms with E-state index in [2.05, 4.69) is 6.92 Å². The summed E-state index contributed by atoms with van der Waals surface area (Å²) >= 11 is 0. The average molecular weight is 230 g/mol. The molecule has 0 spiro atoms. The maximum absolute atomic E-state index is 11.4. The Morgan fingerprint density at radius 2 is 1.81 bits per heavy atom. The summed E-state index contributed by atoms with van der Waals surface area (Å²) in [6.07, 6.45) is 6.12. The van der Waals surface area contributed by atoms with Crippen LogP contribution in [0, 0.1) is 0 Å². The van der Waals surface area contributed by atoms with Gasteiger partial charge in [-0.2, -0.15) is 0 Å². The van der Waals surface area contributed by atoms with Gasteiger partial charge in [0.1, 0.15) is 6.10 Å². The third-order valence-electron chi connectivity index (χ3n) is 2.49. The van der Waals surface area contributed by atoms with Crippen molar-refractivity contribution in [2.75, 3.05) is 0 Å². The van der Waals surface area contributed by atoms with Crippen molar-refractivity contribution < 1.29 is 14.6 Å². The highest BCUT2D eigenvalue weighted by Gasteiger charge is 2.11. The van der Waals surface area contributed by atoms with Crippen LogP contribution in [0.3, 0.4) is 0 Å². The lowest BCUT2D eigenvalue weighted by Crippen LogP contribution is -2.19. The van der Waals surface area contributed by atoms with Gasteiger partial charge in [-0.1, -0.05) is 32.6 Å². The van der Waals surface area contributed by atoms with Gasteiger partial charge in [-0.3, -0.25) is 4.79 Å². The molecule has 0 radical (unpaired) electrons. The van der Waals surface area contributed by atoms with E-state index >= 15 is 0 Å². The van der Waals surface area contributed by atoms with Crippen molar-refractivity contribution in [3.8, 4) is 0 Å². The van der Waals surface area contributed by atoms with Crippen LogP contribution in [0.15, 0.2) is 0 Å². The predicted octanol–water partition coefficient (Wildman–Crippen LogP) is 3.05. The quantitative estimate of drug-likeness (QED) is 0.489. The molecule has 0 aromatic carbocycles.